The molecule has 1 aromatic heterocycles. The van der Waals surface area contributed by atoms with E-state index in [0.29, 0.717) is 11.5 Å². The number of halogens is 1. The molecule has 0 radical (unpaired) electrons. The maximum atomic E-state index is 13.6. The normalized spacial score (nSPS) is 13.5. The third-order valence-electron chi connectivity index (χ3n) is 5.36. The van der Waals surface area contributed by atoms with Crippen LogP contribution in [0, 0.1) is 5.82 Å². The Balaban J connectivity index is 1.91. The first-order valence-electron chi connectivity index (χ1n) is 10.3. The summed E-state index contributed by atoms with van der Waals surface area (Å²) >= 11 is 0. The Morgan fingerprint density at radius 2 is 1.39 bits per heavy atom. The molecule has 0 aliphatic heterocycles. The van der Waals surface area contributed by atoms with E-state index in [2.05, 4.69) is 4.98 Å². The first-order valence-corrected chi connectivity index (χ1v) is 11.8. The number of nitrogens with zero attached hydrogens (tertiary/aromatic N) is 2. The minimum absolute atomic E-state index is 0.0846. The minimum Gasteiger partial charge on any atom is -0.497 e. The second-order valence-corrected chi connectivity index (χ2v) is 9.85. The highest BCUT2D eigenvalue weighted by Gasteiger charge is 2.35. The van der Waals surface area contributed by atoms with Crippen LogP contribution in [0.15, 0.2) is 66.9 Å². The van der Waals surface area contributed by atoms with Crippen LogP contribution in [0.25, 0.3) is 0 Å². The number of hydrogen-bond donors (Lipinski definition) is 1. The van der Waals surface area contributed by atoms with Crippen molar-refractivity contribution >= 4 is 10.0 Å². The Hall–Kier alpha value is -3.01. The molecular formula is C24H27FN2O5S. The molecule has 2 atom stereocenters. The molecule has 1 heterocycles. The second kappa shape index (κ2) is 10.7. The van der Waals surface area contributed by atoms with Crippen LogP contribution < -0.4 is 9.47 Å². The van der Waals surface area contributed by atoms with Gasteiger partial charge in [0, 0.05) is 13.1 Å². The molecule has 0 bridgehead atoms. The Kier molecular flexibility index (Phi) is 8.01. The van der Waals surface area contributed by atoms with E-state index >= 15 is 0 Å². The second-order valence-electron chi connectivity index (χ2n) is 7.56. The van der Waals surface area contributed by atoms with Gasteiger partial charge in [0.2, 0.25) is 10.0 Å². The zero-order chi connectivity index (χ0) is 24.0. The molecule has 7 nitrogen and oxygen atoms in total. The van der Waals surface area contributed by atoms with Crippen LogP contribution in [0.2, 0.25) is 0 Å². The molecule has 0 aliphatic carbocycles. The van der Waals surface area contributed by atoms with Crippen molar-refractivity contribution in [3.63, 3.8) is 0 Å². The Morgan fingerprint density at radius 1 is 0.909 bits per heavy atom. The van der Waals surface area contributed by atoms with Crippen molar-refractivity contribution < 1.29 is 27.4 Å². The highest BCUT2D eigenvalue weighted by Crippen LogP contribution is 2.27. The van der Waals surface area contributed by atoms with E-state index in [1.165, 1.54) is 17.3 Å². The van der Waals surface area contributed by atoms with Crippen molar-refractivity contribution in [3.8, 4) is 11.5 Å². The Labute approximate surface area is 193 Å². The van der Waals surface area contributed by atoms with Gasteiger partial charge < -0.3 is 14.6 Å². The standard InChI is InChI=1S/C24H27FN2O5S/c1-17(24(28)23-13-8-20(25)14-26-23)33(29,30)27(15-18-4-9-21(31-2)10-5-18)16-19-6-11-22(32-3)12-7-19/h4-14,17,24,28H,15-16H2,1-3H3. The Bertz CT molecular complexity index is 1090. The summed E-state index contributed by atoms with van der Waals surface area (Å²) in [5.74, 6) is 0.756. The van der Waals surface area contributed by atoms with Gasteiger partial charge in [-0.2, -0.15) is 4.31 Å². The number of ether oxygens (including phenoxy) is 2. The fourth-order valence-corrected chi connectivity index (χ4v) is 4.90. The predicted molar refractivity (Wildman–Crippen MR) is 123 cm³/mol. The van der Waals surface area contributed by atoms with Gasteiger partial charge in [0.05, 0.1) is 26.1 Å². The smallest absolute Gasteiger partial charge is 0.220 e. The van der Waals surface area contributed by atoms with Crippen molar-refractivity contribution in [1.29, 1.82) is 0 Å². The number of pyridine rings is 1. The molecule has 0 saturated carbocycles. The fraction of sp³-hybridized carbons (Fsp3) is 0.292. The van der Waals surface area contributed by atoms with E-state index in [9.17, 15) is 17.9 Å². The molecule has 1 N–H and O–H groups in total. The number of benzene rings is 2. The van der Waals surface area contributed by atoms with E-state index < -0.39 is 27.2 Å². The van der Waals surface area contributed by atoms with Crippen LogP contribution in [0.4, 0.5) is 4.39 Å². The summed E-state index contributed by atoms with van der Waals surface area (Å²) in [6.45, 7) is 1.60. The topological polar surface area (TPSA) is 89.0 Å². The summed E-state index contributed by atoms with van der Waals surface area (Å²) in [5.41, 5.74) is 1.60. The van der Waals surface area contributed by atoms with Gasteiger partial charge in [-0.25, -0.2) is 12.8 Å². The van der Waals surface area contributed by atoms with E-state index in [0.717, 1.165) is 23.4 Å². The summed E-state index contributed by atoms with van der Waals surface area (Å²) in [6, 6.07) is 16.6. The predicted octanol–water partition coefficient (Wildman–Crippen LogP) is 3.69. The van der Waals surface area contributed by atoms with Gasteiger partial charge >= 0.3 is 0 Å². The lowest BCUT2D eigenvalue weighted by Gasteiger charge is -2.28. The van der Waals surface area contributed by atoms with E-state index in [-0.39, 0.29) is 18.8 Å². The minimum atomic E-state index is -4.00. The number of rotatable bonds is 10. The highest BCUT2D eigenvalue weighted by atomic mass is 32.2. The molecule has 9 heteroatoms. The van der Waals surface area contributed by atoms with Gasteiger partial charge in [-0.05, 0) is 54.4 Å². The molecule has 2 unspecified atom stereocenters. The summed E-state index contributed by atoms with van der Waals surface area (Å²) in [5, 5.41) is 9.49. The van der Waals surface area contributed by atoms with Crippen LogP contribution in [-0.4, -0.2) is 42.3 Å². The van der Waals surface area contributed by atoms with Crippen molar-refractivity contribution in [2.75, 3.05) is 14.2 Å². The average Bonchev–Trinajstić information content (AvgIpc) is 2.84. The number of sulfonamides is 1. The quantitative estimate of drug-likeness (QED) is 0.482. The van der Waals surface area contributed by atoms with Gasteiger partial charge in [0.1, 0.15) is 28.7 Å². The first-order chi connectivity index (χ1) is 15.7. The number of aliphatic hydroxyl groups is 1. The molecule has 0 saturated heterocycles. The van der Waals surface area contributed by atoms with E-state index in [1.807, 2.05) is 0 Å². The summed E-state index contributed by atoms with van der Waals surface area (Å²) in [6.07, 6.45) is -0.477. The van der Waals surface area contributed by atoms with E-state index in [4.69, 9.17) is 9.47 Å². The zero-order valence-corrected chi connectivity index (χ0v) is 19.5. The van der Waals surface area contributed by atoms with Crippen molar-refractivity contribution in [1.82, 2.24) is 9.29 Å². The van der Waals surface area contributed by atoms with Gasteiger partial charge in [0.15, 0.2) is 0 Å². The number of methoxy groups -OCH3 is 2. The van der Waals surface area contributed by atoms with Crippen LogP contribution in [0.5, 0.6) is 11.5 Å². The molecule has 2 aromatic carbocycles. The van der Waals surface area contributed by atoms with Gasteiger partial charge in [-0.1, -0.05) is 24.3 Å². The van der Waals surface area contributed by atoms with Gasteiger partial charge in [-0.15, -0.1) is 0 Å². The van der Waals surface area contributed by atoms with Crippen LogP contribution in [0.3, 0.4) is 0 Å². The third-order valence-corrected chi connectivity index (χ3v) is 7.54. The summed E-state index contributed by atoms with van der Waals surface area (Å²) < 4.78 is 52.0. The monoisotopic (exact) mass is 474 g/mol. The molecular weight excluding hydrogens is 447 g/mol. The molecule has 3 rings (SSSR count). The SMILES string of the molecule is COc1ccc(CN(Cc2ccc(OC)cc2)S(=O)(=O)C(C)C(O)c2ccc(F)cn2)cc1. The van der Waals surface area contributed by atoms with Crippen molar-refractivity contribution in [3.05, 3.63) is 89.5 Å². The lowest BCUT2D eigenvalue weighted by molar-refractivity contribution is 0.167. The Morgan fingerprint density at radius 3 is 1.79 bits per heavy atom. The van der Waals surface area contributed by atoms with Gasteiger partial charge in [-0.3, -0.25) is 4.98 Å². The van der Waals surface area contributed by atoms with Crippen molar-refractivity contribution in [2.45, 2.75) is 31.4 Å². The maximum absolute atomic E-state index is 13.6. The largest absolute Gasteiger partial charge is 0.497 e. The lowest BCUT2D eigenvalue weighted by atomic mass is 10.2. The molecule has 0 fully saturated rings. The summed E-state index contributed by atoms with van der Waals surface area (Å²) in [7, 11) is -0.884. The number of hydrogen-bond acceptors (Lipinski definition) is 6. The average molecular weight is 475 g/mol. The number of aromatic nitrogens is 1. The van der Waals surface area contributed by atoms with Crippen LogP contribution in [0.1, 0.15) is 29.8 Å². The molecule has 3 aromatic rings. The molecule has 176 valence electrons. The van der Waals surface area contributed by atoms with Gasteiger partial charge in [0.25, 0.3) is 0 Å². The third kappa shape index (κ3) is 6.07. The lowest BCUT2D eigenvalue weighted by Crippen LogP contribution is -2.39. The fourth-order valence-electron chi connectivity index (χ4n) is 3.31. The van der Waals surface area contributed by atoms with E-state index in [1.54, 1.807) is 62.8 Å². The highest BCUT2D eigenvalue weighted by molar-refractivity contribution is 7.89. The van der Waals surface area contributed by atoms with Crippen LogP contribution >= 0.6 is 0 Å². The molecule has 0 amide bonds. The summed E-state index contributed by atoms with van der Waals surface area (Å²) in [4.78, 5) is 3.84. The number of aliphatic hydroxyl groups excluding tert-OH is 1. The molecule has 33 heavy (non-hydrogen) atoms. The van der Waals surface area contributed by atoms with Crippen molar-refractivity contribution in [2.24, 2.45) is 0 Å². The zero-order valence-electron chi connectivity index (χ0n) is 18.7. The van der Waals surface area contributed by atoms with Crippen LogP contribution in [-0.2, 0) is 23.1 Å². The maximum Gasteiger partial charge on any atom is 0.220 e. The molecule has 0 aliphatic rings. The molecule has 0 spiro atoms. The first kappa shape index (κ1) is 24.6.